The monoisotopic (exact) mass is 301 g/mol. The summed E-state index contributed by atoms with van der Waals surface area (Å²) in [5.41, 5.74) is 0.733. The normalized spacial score (nSPS) is 21.1. The van der Waals surface area contributed by atoms with Gasteiger partial charge in [-0.2, -0.15) is 0 Å². The SMILES string of the molecule is CCC(=O)c1cc2cc(OC3CC(NC(C)C)C3)ccc2o1. The molecule has 1 heterocycles. The summed E-state index contributed by atoms with van der Waals surface area (Å²) in [6.07, 6.45) is 2.81. The summed E-state index contributed by atoms with van der Waals surface area (Å²) in [4.78, 5) is 11.7. The fourth-order valence-electron chi connectivity index (χ4n) is 2.87. The van der Waals surface area contributed by atoms with Crippen molar-refractivity contribution in [1.29, 1.82) is 0 Å². The third-order valence-electron chi connectivity index (χ3n) is 4.05. The van der Waals surface area contributed by atoms with Gasteiger partial charge in [0.25, 0.3) is 0 Å². The highest BCUT2D eigenvalue weighted by Gasteiger charge is 2.31. The molecular formula is C18H23NO3. The minimum Gasteiger partial charge on any atom is -0.490 e. The molecule has 1 aromatic carbocycles. The van der Waals surface area contributed by atoms with Crippen molar-refractivity contribution in [3.63, 3.8) is 0 Å². The molecule has 1 N–H and O–H groups in total. The largest absolute Gasteiger partial charge is 0.490 e. The lowest BCUT2D eigenvalue weighted by atomic mass is 9.88. The van der Waals surface area contributed by atoms with Crippen LogP contribution in [0.2, 0.25) is 0 Å². The number of Topliss-reactive ketones (excluding diaryl/α,β-unsaturated/α-hetero) is 1. The highest BCUT2D eigenvalue weighted by atomic mass is 16.5. The van der Waals surface area contributed by atoms with E-state index in [0.717, 1.165) is 29.6 Å². The van der Waals surface area contributed by atoms with E-state index >= 15 is 0 Å². The van der Waals surface area contributed by atoms with Crippen LogP contribution in [0.15, 0.2) is 28.7 Å². The summed E-state index contributed by atoms with van der Waals surface area (Å²) in [6, 6.07) is 8.63. The van der Waals surface area contributed by atoms with E-state index in [9.17, 15) is 4.79 Å². The van der Waals surface area contributed by atoms with Crippen molar-refractivity contribution < 1.29 is 13.9 Å². The molecule has 0 aliphatic heterocycles. The van der Waals surface area contributed by atoms with E-state index < -0.39 is 0 Å². The van der Waals surface area contributed by atoms with Crippen molar-refractivity contribution in [2.75, 3.05) is 0 Å². The van der Waals surface area contributed by atoms with E-state index in [2.05, 4.69) is 19.2 Å². The van der Waals surface area contributed by atoms with Crippen LogP contribution in [0, 0.1) is 0 Å². The van der Waals surface area contributed by atoms with Crippen LogP contribution in [0.3, 0.4) is 0 Å². The van der Waals surface area contributed by atoms with Gasteiger partial charge in [0.05, 0.1) is 0 Å². The number of hydrogen-bond acceptors (Lipinski definition) is 4. The predicted octanol–water partition coefficient (Wildman–Crippen LogP) is 3.93. The Kier molecular flexibility index (Phi) is 4.21. The van der Waals surface area contributed by atoms with Crippen molar-refractivity contribution in [2.45, 2.75) is 58.2 Å². The molecule has 0 bridgehead atoms. The molecule has 4 heteroatoms. The predicted molar refractivity (Wildman–Crippen MR) is 86.5 cm³/mol. The number of nitrogens with one attached hydrogen (secondary N) is 1. The molecule has 22 heavy (non-hydrogen) atoms. The summed E-state index contributed by atoms with van der Waals surface area (Å²) in [5, 5.41) is 4.44. The van der Waals surface area contributed by atoms with Crippen LogP contribution in [0.5, 0.6) is 5.75 Å². The molecule has 0 unspecified atom stereocenters. The second-order valence-electron chi connectivity index (χ2n) is 6.32. The molecule has 4 nitrogen and oxygen atoms in total. The lowest BCUT2D eigenvalue weighted by Gasteiger charge is -2.37. The first-order chi connectivity index (χ1) is 10.5. The number of carbonyl (C=O) groups is 1. The van der Waals surface area contributed by atoms with Gasteiger partial charge in [-0.05, 0) is 37.1 Å². The Morgan fingerprint density at radius 1 is 1.36 bits per heavy atom. The lowest BCUT2D eigenvalue weighted by Crippen LogP contribution is -2.49. The fourth-order valence-corrected chi connectivity index (χ4v) is 2.87. The second kappa shape index (κ2) is 6.13. The quantitative estimate of drug-likeness (QED) is 0.821. The number of furan rings is 1. The van der Waals surface area contributed by atoms with Crippen LogP contribution in [0.25, 0.3) is 11.0 Å². The number of ether oxygens (including phenoxy) is 1. The summed E-state index contributed by atoms with van der Waals surface area (Å²) in [7, 11) is 0. The molecule has 0 spiro atoms. The summed E-state index contributed by atoms with van der Waals surface area (Å²) >= 11 is 0. The van der Waals surface area contributed by atoms with Crippen LogP contribution in [-0.4, -0.2) is 24.0 Å². The summed E-state index contributed by atoms with van der Waals surface area (Å²) in [5.74, 6) is 1.30. The van der Waals surface area contributed by atoms with Gasteiger partial charge in [-0.15, -0.1) is 0 Å². The molecule has 1 aliphatic rings. The number of rotatable bonds is 6. The standard InChI is InChI=1S/C18H23NO3/c1-4-16(20)18-8-12-7-14(5-6-17(12)22-18)21-15-9-13(10-15)19-11(2)3/h5-8,11,13,15,19H,4,9-10H2,1-3H3. The van der Waals surface area contributed by atoms with Gasteiger partial charge < -0.3 is 14.5 Å². The minimum absolute atomic E-state index is 0.0280. The lowest BCUT2D eigenvalue weighted by molar-refractivity contribution is 0.0816. The molecule has 0 atom stereocenters. The maximum absolute atomic E-state index is 11.7. The van der Waals surface area contributed by atoms with Gasteiger partial charge in [0.2, 0.25) is 0 Å². The van der Waals surface area contributed by atoms with Gasteiger partial charge in [0.15, 0.2) is 11.5 Å². The topological polar surface area (TPSA) is 51.5 Å². The zero-order valence-electron chi connectivity index (χ0n) is 13.4. The van der Waals surface area contributed by atoms with Crippen molar-refractivity contribution >= 4 is 16.8 Å². The molecular weight excluding hydrogens is 278 g/mol. The molecule has 0 saturated heterocycles. The first-order valence-electron chi connectivity index (χ1n) is 8.04. The zero-order valence-corrected chi connectivity index (χ0v) is 13.4. The first kappa shape index (κ1) is 15.1. The Morgan fingerprint density at radius 2 is 2.14 bits per heavy atom. The Labute approximate surface area is 130 Å². The number of ketones is 1. The minimum atomic E-state index is 0.0280. The van der Waals surface area contributed by atoms with Gasteiger partial charge in [0, 0.05) is 23.9 Å². The van der Waals surface area contributed by atoms with E-state index in [-0.39, 0.29) is 11.9 Å². The summed E-state index contributed by atoms with van der Waals surface area (Å²) in [6.45, 7) is 6.16. The van der Waals surface area contributed by atoms with Crippen molar-refractivity contribution in [3.05, 3.63) is 30.0 Å². The Morgan fingerprint density at radius 3 is 2.82 bits per heavy atom. The average molecular weight is 301 g/mol. The molecule has 1 aliphatic carbocycles. The van der Waals surface area contributed by atoms with Crippen molar-refractivity contribution in [3.8, 4) is 5.75 Å². The molecule has 2 aromatic rings. The van der Waals surface area contributed by atoms with Crippen LogP contribution in [0.4, 0.5) is 0 Å². The van der Waals surface area contributed by atoms with Gasteiger partial charge in [0.1, 0.15) is 17.4 Å². The molecule has 118 valence electrons. The van der Waals surface area contributed by atoms with Crippen LogP contribution in [0.1, 0.15) is 50.6 Å². The number of hydrogen-bond donors (Lipinski definition) is 1. The van der Waals surface area contributed by atoms with Gasteiger partial charge in [-0.1, -0.05) is 20.8 Å². The summed E-state index contributed by atoms with van der Waals surface area (Å²) < 4.78 is 11.6. The van der Waals surface area contributed by atoms with Crippen LogP contribution >= 0.6 is 0 Å². The number of benzene rings is 1. The maximum atomic E-state index is 11.7. The second-order valence-corrected chi connectivity index (χ2v) is 6.32. The van der Waals surface area contributed by atoms with Gasteiger partial charge in [-0.3, -0.25) is 4.79 Å². The van der Waals surface area contributed by atoms with E-state index in [1.165, 1.54) is 0 Å². The molecule has 3 rings (SSSR count). The maximum Gasteiger partial charge on any atom is 0.197 e. The third kappa shape index (κ3) is 3.17. The van der Waals surface area contributed by atoms with E-state index in [0.29, 0.717) is 24.3 Å². The smallest absolute Gasteiger partial charge is 0.197 e. The van der Waals surface area contributed by atoms with Gasteiger partial charge in [-0.25, -0.2) is 0 Å². The highest BCUT2D eigenvalue weighted by molar-refractivity contribution is 5.97. The van der Waals surface area contributed by atoms with E-state index in [1.807, 2.05) is 25.1 Å². The molecule has 1 aromatic heterocycles. The Bertz CT molecular complexity index is 668. The zero-order chi connectivity index (χ0) is 15.7. The average Bonchev–Trinajstić information content (AvgIpc) is 2.86. The molecule has 1 fully saturated rings. The number of carbonyl (C=O) groups excluding carboxylic acids is 1. The fraction of sp³-hybridized carbons (Fsp3) is 0.500. The van der Waals surface area contributed by atoms with Crippen molar-refractivity contribution in [1.82, 2.24) is 5.32 Å². The van der Waals surface area contributed by atoms with E-state index in [4.69, 9.17) is 9.15 Å². The Hall–Kier alpha value is -1.81. The van der Waals surface area contributed by atoms with Crippen LogP contribution < -0.4 is 10.1 Å². The van der Waals surface area contributed by atoms with Gasteiger partial charge >= 0.3 is 0 Å². The first-order valence-corrected chi connectivity index (χ1v) is 8.04. The highest BCUT2D eigenvalue weighted by Crippen LogP contribution is 2.29. The van der Waals surface area contributed by atoms with Crippen molar-refractivity contribution in [2.24, 2.45) is 0 Å². The number of fused-ring (bicyclic) bond motifs is 1. The molecule has 1 saturated carbocycles. The Balaban J connectivity index is 1.64. The van der Waals surface area contributed by atoms with E-state index in [1.54, 1.807) is 6.07 Å². The van der Waals surface area contributed by atoms with Crippen LogP contribution in [-0.2, 0) is 0 Å². The molecule has 0 amide bonds. The third-order valence-corrected chi connectivity index (χ3v) is 4.05. The molecule has 0 radical (unpaired) electrons.